The van der Waals surface area contributed by atoms with Crippen LogP contribution in [-0.4, -0.2) is 33.1 Å². The lowest BCUT2D eigenvalue weighted by Gasteiger charge is -2.06. The normalized spacial score (nSPS) is 10.7. The number of aryl methyl sites for hydroxylation is 2. The monoisotopic (exact) mass is 356 g/mol. The molecule has 2 N–H and O–H groups in total. The van der Waals surface area contributed by atoms with Crippen molar-refractivity contribution >= 4 is 11.6 Å². The fraction of sp³-hybridized carbons (Fsp3) is 0.278. The van der Waals surface area contributed by atoms with Crippen molar-refractivity contribution in [2.75, 3.05) is 12.4 Å². The molecule has 0 saturated carbocycles. The number of aromatic hydroxyl groups is 1. The highest BCUT2D eigenvalue weighted by atomic mass is 16.5. The zero-order chi connectivity index (χ0) is 18.7. The summed E-state index contributed by atoms with van der Waals surface area (Å²) in [5.74, 6) is 1.09. The number of ether oxygens (including phenoxy) is 1. The number of phenols is 1. The molecule has 8 nitrogen and oxygen atoms in total. The van der Waals surface area contributed by atoms with Gasteiger partial charge in [-0.2, -0.15) is 5.10 Å². The lowest BCUT2D eigenvalue weighted by molar-refractivity contribution is -0.115. The molecule has 136 valence electrons. The number of methoxy groups -OCH3 is 1. The number of nitrogens with zero attached hydrogens (tertiary/aromatic N) is 3. The van der Waals surface area contributed by atoms with E-state index in [9.17, 15) is 9.90 Å². The smallest absolute Gasteiger partial charge is 0.228 e. The summed E-state index contributed by atoms with van der Waals surface area (Å²) < 4.78 is 11.9. The maximum absolute atomic E-state index is 12.2. The minimum Gasteiger partial charge on any atom is -0.508 e. The van der Waals surface area contributed by atoms with E-state index in [1.165, 1.54) is 19.2 Å². The number of anilines is 1. The van der Waals surface area contributed by atoms with E-state index in [1.54, 1.807) is 23.1 Å². The Kier molecular flexibility index (Phi) is 4.92. The molecule has 26 heavy (non-hydrogen) atoms. The van der Waals surface area contributed by atoms with Gasteiger partial charge < -0.3 is 19.7 Å². The molecular formula is C18H20N4O4. The average molecular weight is 356 g/mol. The molecule has 0 aliphatic rings. The zero-order valence-electron chi connectivity index (χ0n) is 14.8. The maximum atomic E-state index is 12.2. The number of amides is 1. The molecule has 0 aliphatic heterocycles. The van der Waals surface area contributed by atoms with Crippen molar-refractivity contribution in [1.82, 2.24) is 14.9 Å². The first-order valence-electron chi connectivity index (χ1n) is 8.05. The van der Waals surface area contributed by atoms with Gasteiger partial charge in [0.1, 0.15) is 17.3 Å². The third kappa shape index (κ3) is 4.02. The lowest BCUT2D eigenvalue weighted by atomic mass is 10.1. The number of carbonyl (C=O) groups excluding carboxylic acids is 1. The second kappa shape index (κ2) is 7.30. The van der Waals surface area contributed by atoms with Gasteiger partial charge in [0.15, 0.2) is 0 Å². The Balaban J connectivity index is 1.64. The minimum atomic E-state index is -0.213. The third-order valence-electron chi connectivity index (χ3n) is 3.97. The number of aromatic nitrogens is 3. The Labute approximate surface area is 150 Å². The molecule has 1 aromatic carbocycles. The van der Waals surface area contributed by atoms with E-state index in [-0.39, 0.29) is 18.1 Å². The fourth-order valence-electron chi connectivity index (χ4n) is 2.66. The number of rotatable bonds is 6. The number of carbonyl (C=O) groups is 1. The molecule has 3 aromatic rings. The lowest BCUT2D eigenvalue weighted by Crippen LogP contribution is -2.14. The quantitative estimate of drug-likeness (QED) is 0.703. The van der Waals surface area contributed by atoms with Gasteiger partial charge in [0, 0.05) is 17.8 Å². The van der Waals surface area contributed by atoms with E-state index in [4.69, 9.17) is 9.26 Å². The summed E-state index contributed by atoms with van der Waals surface area (Å²) in [6.45, 7) is 4.24. The molecule has 0 atom stereocenters. The SMILES string of the molecule is COc1cc(O)cc(CC(=O)Nc2cnn(Cc3c(C)noc3C)c2)c1. The summed E-state index contributed by atoms with van der Waals surface area (Å²) in [5, 5.41) is 20.6. The highest BCUT2D eigenvalue weighted by molar-refractivity contribution is 5.92. The van der Waals surface area contributed by atoms with Gasteiger partial charge in [-0.05, 0) is 31.5 Å². The average Bonchev–Trinajstić information content (AvgIpc) is 3.15. The predicted molar refractivity (Wildman–Crippen MR) is 94.3 cm³/mol. The van der Waals surface area contributed by atoms with Crippen LogP contribution >= 0.6 is 0 Å². The van der Waals surface area contributed by atoms with E-state index in [1.807, 2.05) is 13.8 Å². The molecule has 3 rings (SSSR count). The van der Waals surface area contributed by atoms with Crippen LogP contribution in [0.5, 0.6) is 11.5 Å². The Morgan fingerprint density at radius 1 is 1.35 bits per heavy atom. The summed E-state index contributed by atoms with van der Waals surface area (Å²) in [6.07, 6.45) is 3.44. The number of benzene rings is 1. The van der Waals surface area contributed by atoms with Crippen molar-refractivity contribution in [2.45, 2.75) is 26.8 Å². The van der Waals surface area contributed by atoms with Crippen molar-refractivity contribution in [2.24, 2.45) is 0 Å². The van der Waals surface area contributed by atoms with Crippen molar-refractivity contribution in [3.8, 4) is 11.5 Å². The van der Waals surface area contributed by atoms with Crippen LogP contribution in [0.15, 0.2) is 35.1 Å². The van der Waals surface area contributed by atoms with E-state index in [0.29, 0.717) is 23.5 Å². The molecule has 8 heteroatoms. The molecule has 0 unspecified atom stereocenters. The highest BCUT2D eigenvalue weighted by Crippen LogP contribution is 2.22. The molecule has 0 saturated heterocycles. The molecule has 2 aromatic heterocycles. The van der Waals surface area contributed by atoms with Crippen LogP contribution in [0.25, 0.3) is 0 Å². The highest BCUT2D eigenvalue weighted by Gasteiger charge is 2.12. The van der Waals surface area contributed by atoms with Gasteiger partial charge in [-0.1, -0.05) is 5.16 Å². The van der Waals surface area contributed by atoms with Gasteiger partial charge in [0.05, 0.1) is 37.7 Å². The Hall–Kier alpha value is -3.29. The van der Waals surface area contributed by atoms with E-state index in [2.05, 4.69) is 15.6 Å². The number of nitrogens with one attached hydrogen (secondary N) is 1. The van der Waals surface area contributed by atoms with Gasteiger partial charge in [-0.25, -0.2) is 0 Å². The maximum Gasteiger partial charge on any atom is 0.228 e. The topological polar surface area (TPSA) is 102 Å². The van der Waals surface area contributed by atoms with E-state index < -0.39 is 0 Å². The minimum absolute atomic E-state index is 0.0550. The molecule has 0 bridgehead atoms. The van der Waals surface area contributed by atoms with Crippen LogP contribution in [0.4, 0.5) is 5.69 Å². The Morgan fingerprint density at radius 2 is 2.15 bits per heavy atom. The molecule has 0 fully saturated rings. The Morgan fingerprint density at radius 3 is 2.85 bits per heavy atom. The van der Waals surface area contributed by atoms with Gasteiger partial charge in [0.25, 0.3) is 0 Å². The molecule has 1 amide bonds. The number of hydrogen-bond acceptors (Lipinski definition) is 6. The third-order valence-corrected chi connectivity index (χ3v) is 3.97. The van der Waals surface area contributed by atoms with Gasteiger partial charge in [-0.15, -0.1) is 0 Å². The summed E-state index contributed by atoms with van der Waals surface area (Å²) >= 11 is 0. The number of hydrogen-bond donors (Lipinski definition) is 2. The van der Waals surface area contributed by atoms with Crippen LogP contribution in [0.3, 0.4) is 0 Å². The van der Waals surface area contributed by atoms with Gasteiger partial charge in [0.2, 0.25) is 5.91 Å². The molecule has 0 spiro atoms. The molecule has 0 aliphatic carbocycles. The van der Waals surface area contributed by atoms with Gasteiger partial charge in [-0.3, -0.25) is 9.48 Å². The fourth-order valence-corrected chi connectivity index (χ4v) is 2.66. The first-order valence-corrected chi connectivity index (χ1v) is 8.05. The van der Waals surface area contributed by atoms with E-state index >= 15 is 0 Å². The van der Waals surface area contributed by atoms with Crippen molar-refractivity contribution in [3.05, 3.63) is 53.2 Å². The second-order valence-corrected chi connectivity index (χ2v) is 5.99. The summed E-state index contributed by atoms with van der Waals surface area (Å²) in [5.41, 5.74) is 3.04. The summed E-state index contributed by atoms with van der Waals surface area (Å²) in [7, 11) is 1.51. The second-order valence-electron chi connectivity index (χ2n) is 5.99. The molecule has 2 heterocycles. The molecular weight excluding hydrogens is 336 g/mol. The Bertz CT molecular complexity index is 910. The van der Waals surface area contributed by atoms with E-state index in [0.717, 1.165) is 17.0 Å². The summed E-state index contributed by atoms with van der Waals surface area (Å²) in [6, 6.07) is 4.73. The largest absolute Gasteiger partial charge is 0.508 e. The van der Waals surface area contributed by atoms with Gasteiger partial charge >= 0.3 is 0 Å². The zero-order valence-corrected chi connectivity index (χ0v) is 14.8. The van der Waals surface area contributed by atoms with Crippen LogP contribution in [0.1, 0.15) is 22.6 Å². The van der Waals surface area contributed by atoms with Crippen LogP contribution in [0, 0.1) is 13.8 Å². The number of phenolic OH excluding ortho intramolecular Hbond substituents is 1. The van der Waals surface area contributed by atoms with Crippen LogP contribution in [0.2, 0.25) is 0 Å². The van der Waals surface area contributed by atoms with Crippen LogP contribution in [-0.2, 0) is 17.8 Å². The standard InChI is InChI=1S/C18H20N4O4/c1-11-17(12(2)26-21-11)10-22-9-14(8-19-22)20-18(24)6-13-4-15(23)7-16(5-13)25-3/h4-5,7-9,23H,6,10H2,1-3H3,(H,20,24). The van der Waals surface area contributed by atoms with Crippen molar-refractivity contribution in [3.63, 3.8) is 0 Å². The predicted octanol–water partition coefficient (Wildman–Crippen LogP) is 2.43. The van der Waals surface area contributed by atoms with Crippen molar-refractivity contribution in [1.29, 1.82) is 0 Å². The first-order chi connectivity index (χ1) is 12.4. The first kappa shape index (κ1) is 17.5. The van der Waals surface area contributed by atoms with Crippen molar-refractivity contribution < 1.29 is 19.2 Å². The van der Waals surface area contributed by atoms with Crippen LogP contribution < -0.4 is 10.1 Å². The molecule has 0 radical (unpaired) electrons. The summed E-state index contributed by atoms with van der Waals surface area (Å²) in [4.78, 5) is 12.2.